The summed E-state index contributed by atoms with van der Waals surface area (Å²) in [6, 6.07) is 14.4. The number of hydrogen-bond donors (Lipinski definition) is 5. The van der Waals surface area contributed by atoms with Crippen LogP contribution < -0.4 is 16.2 Å². The van der Waals surface area contributed by atoms with E-state index in [1.54, 1.807) is 30.3 Å². The Balaban J connectivity index is 1.86. The number of carbonyl (C=O) groups is 1. The standard InChI is InChI=1S/C23H24N4O4S/c1-13-3-8-21(32(26,30)31)19(9-13)18-6-5-17(10-14(18)2)27-22(29)12-16-11-15(23(24)25)4-7-20(16)28/h3-11,28H,12H2,1-2H3,(H3,24,25)(H,27,29)(H2,26,30,31). The fourth-order valence-electron chi connectivity index (χ4n) is 3.42. The van der Waals surface area contributed by atoms with Crippen LogP contribution in [0, 0.1) is 19.3 Å². The van der Waals surface area contributed by atoms with E-state index in [1.807, 2.05) is 13.8 Å². The molecule has 0 heterocycles. The highest BCUT2D eigenvalue weighted by molar-refractivity contribution is 7.89. The second-order valence-electron chi connectivity index (χ2n) is 7.56. The Bertz CT molecular complexity index is 1330. The zero-order valence-electron chi connectivity index (χ0n) is 17.6. The smallest absolute Gasteiger partial charge is 0.238 e. The van der Waals surface area contributed by atoms with Crippen LogP contribution in [-0.4, -0.2) is 25.3 Å². The number of rotatable bonds is 6. The van der Waals surface area contributed by atoms with Gasteiger partial charge < -0.3 is 16.2 Å². The third kappa shape index (κ3) is 5.13. The van der Waals surface area contributed by atoms with Crippen LogP contribution in [0.1, 0.15) is 22.3 Å². The Labute approximate surface area is 186 Å². The number of nitrogens with two attached hydrogens (primary N) is 2. The molecule has 0 aliphatic carbocycles. The molecule has 3 rings (SSSR count). The van der Waals surface area contributed by atoms with Crippen molar-refractivity contribution in [1.82, 2.24) is 0 Å². The number of benzene rings is 3. The molecular weight excluding hydrogens is 428 g/mol. The highest BCUT2D eigenvalue weighted by Crippen LogP contribution is 2.32. The maximum Gasteiger partial charge on any atom is 0.238 e. The van der Waals surface area contributed by atoms with E-state index in [-0.39, 0.29) is 28.8 Å². The van der Waals surface area contributed by atoms with Gasteiger partial charge >= 0.3 is 0 Å². The maximum atomic E-state index is 12.5. The number of sulfonamides is 1. The van der Waals surface area contributed by atoms with Crippen LogP contribution in [0.3, 0.4) is 0 Å². The summed E-state index contributed by atoms with van der Waals surface area (Å²) in [6.45, 7) is 3.67. The number of amidine groups is 1. The molecule has 0 radical (unpaired) electrons. The van der Waals surface area contributed by atoms with Gasteiger partial charge in [-0.15, -0.1) is 0 Å². The van der Waals surface area contributed by atoms with Gasteiger partial charge in [0.2, 0.25) is 15.9 Å². The van der Waals surface area contributed by atoms with Crippen molar-refractivity contribution in [1.29, 1.82) is 5.41 Å². The molecule has 3 aromatic rings. The van der Waals surface area contributed by atoms with Gasteiger partial charge in [-0.3, -0.25) is 10.2 Å². The van der Waals surface area contributed by atoms with Crippen LogP contribution in [0.15, 0.2) is 59.5 Å². The zero-order valence-corrected chi connectivity index (χ0v) is 18.5. The Morgan fingerprint density at radius 2 is 1.75 bits per heavy atom. The van der Waals surface area contributed by atoms with Crippen LogP contribution in [-0.2, 0) is 21.2 Å². The Morgan fingerprint density at radius 1 is 1.03 bits per heavy atom. The lowest BCUT2D eigenvalue weighted by molar-refractivity contribution is -0.115. The molecule has 9 heteroatoms. The van der Waals surface area contributed by atoms with Crippen LogP contribution in [0.4, 0.5) is 5.69 Å². The molecule has 0 spiro atoms. The maximum absolute atomic E-state index is 12.5. The second-order valence-corrected chi connectivity index (χ2v) is 9.09. The second kappa shape index (κ2) is 8.81. The highest BCUT2D eigenvalue weighted by Gasteiger charge is 2.17. The minimum Gasteiger partial charge on any atom is -0.508 e. The normalized spacial score (nSPS) is 11.2. The van der Waals surface area contributed by atoms with Crippen LogP contribution >= 0.6 is 0 Å². The van der Waals surface area contributed by atoms with E-state index >= 15 is 0 Å². The number of nitrogen functional groups attached to an aromatic ring is 1. The zero-order chi connectivity index (χ0) is 23.6. The van der Waals surface area contributed by atoms with E-state index < -0.39 is 10.0 Å². The first-order chi connectivity index (χ1) is 15.0. The average Bonchev–Trinajstić information content (AvgIpc) is 2.68. The van der Waals surface area contributed by atoms with Gasteiger partial charge in [0.15, 0.2) is 0 Å². The van der Waals surface area contributed by atoms with Crippen molar-refractivity contribution in [3.63, 3.8) is 0 Å². The number of nitrogens with one attached hydrogen (secondary N) is 2. The van der Waals surface area contributed by atoms with Gasteiger partial charge in [-0.2, -0.15) is 0 Å². The predicted molar refractivity (Wildman–Crippen MR) is 124 cm³/mol. The number of aryl methyl sites for hydroxylation is 2. The van der Waals surface area contributed by atoms with Crippen molar-refractivity contribution >= 4 is 27.5 Å². The number of anilines is 1. The van der Waals surface area contributed by atoms with Crippen LogP contribution in [0.25, 0.3) is 11.1 Å². The Morgan fingerprint density at radius 3 is 2.38 bits per heavy atom. The molecule has 8 nitrogen and oxygen atoms in total. The molecule has 0 atom stereocenters. The number of hydrogen-bond acceptors (Lipinski definition) is 5. The first-order valence-corrected chi connectivity index (χ1v) is 11.2. The minimum atomic E-state index is -3.91. The minimum absolute atomic E-state index is 0.0313. The number of primary sulfonamides is 1. The summed E-state index contributed by atoms with van der Waals surface area (Å²) in [5, 5.41) is 25.6. The Kier molecular flexibility index (Phi) is 6.33. The average molecular weight is 453 g/mol. The van der Waals surface area contributed by atoms with E-state index in [4.69, 9.17) is 16.3 Å². The predicted octanol–water partition coefficient (Wildman–Crippen LogP) is 2.79. The quantitative estimate of drug-likeness (QED) is 0.287. The number of amides is 1. The third-order valence-corrected chi connectivity index (χ3v) is 5.95. The molecule has 166 valence electrons. The lowest BCUT2D eigenvalue weighted by atomic mass is 9.98. The van der Waals surface area contributed by atoms with E-state index in [0.29, 0.717) is 27.9 Å². The largest absolute Gasteiger partial charge is 0.508 e. The molecule has 0 aliphatic rings. The number of carbonyl (C=O) groups excluding carboxylic acids is 1. The van der Waals surface area contributed by atoms with Crippen molar-refractivity contribution < 1.29 is 18.3 Å². The number of aromatic hydroxyl groups is 1. The number of phenols is 1. The van der Waals surface area contributed by atoms with E-state index in [2.05, 4.69) is 5.32 Å². The Hall–Kier alpha value is -3.69. The summed E-state index contributed by atoms with van der Waals surface area (Å²) in [5.74, 6) is -0.589. The molecule has 7 N–H and O–H groups in total. The first kappa shape index (κ1) is 23.0. The molecule has 32 heavy (non-hydrogen) atoms. The van der Waals surface area contributed by atoms with Crippen molar-refractivity contribution in [3.8, 4) is 16.9 Å². The molecule has 0 saturated heterocycles. The van der Waals surface area contributed by atoms with E-state index in [0.717, 1.165) is 11.1 Å². The molecule has 0 fully saturated rings. The summed E-state index contributed by atoms with van der Waals surface area (Å²) in [4.78, 5) is 12.5. The van der Waals surface area contributed by atoms with Gasteiger partial charge in [-0.25, -0.2) is 13.6 Å². The summed E-state index contributed by atoms with van der Waals surface area (Å²) < 4.78 is 24.0. The molecular formula is C23H24N4O4S. The van der Waals surface area contributed by atoms with Crippen molar-refractivity contribution in [2.75, 3.05) is 5.32 Å². The fourth-order valence-corrected chi connectivity index (χ4v) is 4.15. The van der Waals surface area contributed by atoms with Gasteiger partial charge in [0.25, 0.3) is 0 Å². The first-order valence-electron chi connectivity index (χ1n) is 9.66. The molecule has 0 unspecified atom stereocenters. The molecule has 3 aromatic carbocycles. The van der Waals surface area contributed by atoms with Crippen molar-refractivity contribution in [3.05, 3.63) is 76.9 Å². The number of phenolic OH excluding ortho intramolecular Hbond substituents is 1. The van der Waals surface area contributed by atoms with Gasteiger partial charge in [-0.1, -0.05) is 23.8 Å². The monoisotopic (exact) mass is 452 g/mol. The van der Waals surface area contributed by atoms with Gasteiger partial charge in [0.05, 0.1) is 11.3 Å². The van der Waals surface area contributed by atoms with Gasteiger partial charge in [0.1, 0.15) is 11.6 Å². The van der Waals surface area contributed by atoms with Crippen LogP contribution in [0.2, 0.25) is 0 Å². The summed E-state index contributed by atoms with van der Waals surface area (Å²) in [5.41, 5.74) is 9.56. The fraction of sp³-hybridized carbons (Fsp3) is 0.130. The SMILES string of the molecule is Cc1ccc(S(N)(=O)=O)c(-c2ccc(NC(=O)Cc3cc(C(=N)N)ccc3O)cc2C)c1. The van der Waals surface area contributed by atoms with E-state index in [1.165, 1.54) is 24.3 Å². The van der Waals surface area contributed by atoms with Crippen molar-refractivity contribution in [2.45, 2.75) is 25.2 Å². The summed E-state index contributed by atoms with van der Waals surface area (Å²) in [6.07, 6.45) is -0.110. The van der Waals surface area contributed by atoms with Gasteiger partial charge in [0, 0.05) is 22.4 Å². The summed E-state index contributed by atoms with van der Waals surface area (Å²) >= 11 is 0. The molecule has 0 aromatic heterocycles. The lowest BCUT2D eigenvalue weighted by Crippen LogP contribution is -2.16. The van der Waals surface area contributed by atoms with Crippen molar-refractivity contribution in [2.24, 2.45) is 10.9 Å². The van der Waals surface area contributed by atoms with Crippen LogP contribution in [0.5, 0.6) is 5.75 Å². The molecule has 0 aliphatic heterocycles. The molecule has 0 saturated carbocycles. The lowest BCUT2D eigenvalue weighted by Gasteiger charge is -2.14. The van der Waals surface area contributed by atoms with E-state index in [9.17, 15) is 18.3 Å². The molecule has 1 amide bonds. The van der Waals surface area contributed by atoms with Gasteiger partial charge in [-0.05, 0) is 61.4 Å². The highest BCUT2D eigenvalue weighted by atomic mass is 32.2. The summed E-state index contributed by atoms with van der Waals surface area (Å²) in [7, 11) is -3.91. The topological polar surface area (TPSA) is 159 Å². The molecule has 0 bridgehead atoms. The third-order valence-electron chi connectivity index (χ3n) is 4.98.